The predicted molar refractivity (Wildman–Crippen MR) is 95.5 cm³/mol. The van der Waals surface area contributed by atoms with E-state index in [-0.39, 0.29) is 11.8 Å². The number of aromatic nitrogens is 1. The van der Waals surface area contributed by atoms with E-state index in [1.54, 1.807) is 11.3 Å². The van der Waals surface area contributed by atoms with Crippen molar-refractivity contribution in [3.05, 3.63) is 29.3 Å². The molecule has 3 rings (SSSR count). The van der Waals surface area contributed by atoms with E-state index in [9.17, 15) is 13.2 Å². The summed E-state index contributed by atoms with van der Waals surface area (Å²) in [5.74, 6) is -0.0809. The number of benzene rings is 1. The van der Waals surface area contributed by atoms with Crippen LogP contribution in [0.25, 0.3) is 10.2 Å². The topological polar surface area (TPSA) is 79.4 Å². The lowest BCUT2D eigenvalue weighted by molar-refractivity contribution is -0.126. The summed E-state index contributed by atoms with van der Waals surface area (Å²) in [7, 11) is -3.15. The Morgan fingerprint density at radius 1 is 1.33 bits per heavy atom. The van der Waals surface area contributed by atoms with Crippen LogP contribution in [0.3, 0.4) is 0 Å². The summed E-state index contributed by atoms with van der Waals surface area (Å²) in [5, 5.41) is 3.98. The van der Waals surface area contributed by atoms with Gasteiger partial charge in [-0.15, -0.1) is 11.3 Å². The van der Waals surface area contributed by atoms with Crippen molar-refractivity contribution >= 4 is 37.5 Å². The molecule has 1 aliphatic heterocycles. The van der Waals surface area contributed by atoms with Gasteiger partial charge in [-0.2, -0.15) is 0 Å². The second kappa shape index (κ2) is 7.16. The van der Waals surface area contributed by atoms with Crippen molar-refractivity contribution < 1.29 is 13.2 Å². The predicted octanol–water partition coefficient (Wildman–Crippen LogP) is 1.63. The Bertz CT molecular complexity index is 791. The molecule has 1 aromatic carbocycles. The fourth-order valence-electron chi connectivity index (χ4n) is 2.91. The lowest BCUT2D eigenvalue weighted by atomic mass is 9.97. The minimum Gasteiger partial charge on any atom is -0.355 e. The van der Waals surface area contributed by atoms with Crippen molar-refractivity contribution in [3.63, 3.8) is 0 Å². The van der Waals surface area contributed by atoms with Gasteiger partial charge in [-0.3, -0.25) is 4.79 Å². The summed E-state index contributed by atoms with van der Waals surface area (Å²) < 4.78 is 25.6. The standard InChI is InChI=1S/C16H21N3O3S2/c1-24(21,22)19-10-7-12(8-11-19)16(20)17-9-6-15-18-13-4-2-3-5-14(13)23-15/h2-5,12H,6-11H2,1H3,(H,17,20). The second-order valence-corrected chi connectivity index (χ2v) is 9.15. The maximum Gasteiger partial charge on any atom is 0.223 e. The molecule has 2 aromatic rings. The number of fused-ring (bicyclic) bond motifs is 1. The molecule has 1 fully saturated rings. The second-order valence-electron chi connectivity index (χ2n) is 6.05. The number of sulfonamides is 1. The zero-order valence-electron chi connectivity index (χ0n) is 13.6. The van der Waals surface area contributed by atoms with Crippen LogP contribution in [0, 0.1) is 5.92 Å². The van der Waals surface area contributed by atoms with Crippen LogP contribution in [0.2, 0.25) is 0 Å². The van der Waals surface area contributed by atoms with Crippen molar-refractivity contribution in [2.24, 2.45) is 5.92 Å². The van der Waals surface area contributed by atoms with Crippen LogP contribution in [0.4, 0.5) is 0 Å². The molecular weight excluding hydrogens is 346 g/mol. The highest BCUT2D eigenvalue weighted by Crippen LogP contribution is 2.22. The largest absolute Gasteiger partial charge is 0.355 e. The number of piperidine rings is 1. The number of para-hydroxylation sites is 1. The van der Waals surface area contributed by atoms with Gasteiger partial charge in [0.2, 0.25) is 15.9 Å². The average Bonchev–Trinajstić information content (AvgIpc) is 2.96. The summed E-state index contributed by atoms with van der Waals surface area (Å²) in [4.78, 5) is 16.8. The number of nitrogens with zero attached hydrogens (tertiary/aromatic N) is 2. The van der Waals surface area contributed by atoms with Crippen molar-refractivity contribution in [3.8, 4) is 0 Å². The molecule has 1 amide bonds. The van der Waals surface area contributed by atoms with Gasteiger partial charge in [-0.1, -0.05) is 12.1 Å². The van der Waals surface area contributed by atoms with Crippen LogP contribution in [0.15, 0.2) is 24.3 Å². The molecule has 0 unspecified atom stereocenters. The molecule has 2 heterocycles. The van der Waals surface area contributed by atoms with Crippen LogP contribution >= 0.6 is 11.3 Å². The molecule has 6 nitrogen and oxygen atoms in total. The van der Waals surface area contributed by atoms with Gasteiger partial charge in [0.15, 0.2) is 0 Å². The molecule has 1 N–H and O–H groups in total. The van der Waals surface area contributed by atoms with Gasteiger partial charge in [-0.05, 0) is 25.0 Å². The molecule has 0 bridgehead atoms. The first-order chi connectivity index (χ1) is 11.4. The fourth-order valence-corrected chi connectivity index (χ4v) is 4.75. The zero-order valence-corrected chi connectivity index (χ0v) is 15.2. The van der Waals surface area contributed by atoms with Crippen LogP contribution in [0.1, 0.15) is 17.8 Å². The molecule has 1 saturated heterocycles. The van der Waals surface area contributed by atoms with Gasteiger partial charge in [-0.25, -0.2) is 17.7 Å². The van der Waals surface area contributed by atoms with E-state index in [0.717, 1.165) is 15.2 Å². The van der Waals surface area contributed by atoms with E-state index in [1.807, 2.05) is 24.3 Å². The maximum absolute atomic E-state index is 12.2. The highest BCUT2D eigenvalue weighted by Gasteiger charge is 2.28. The van der Waals surface area contributed by atoms with E-state index in [4.69, 9.17) is 0 Å². The number of rotatable bonds is 5. The van der Waals surface area contributed by atoms with Crippen LogP contribution in [-0.2, 0) is 21.2 Å². The maximum atomic E-state index is 12.2. The third-order valence-corrected chi connectivity index (χ3v) is 6.67. The monoisotopic (exact) mass is 367 g/mol. The molecule has 0 aliphatic carbocycles. The van der Waals surface area contributed by atoms with E-state index in [1.165, 1.54) is 10.6 Å². The Hall–Kier alpha value is -1.51. The molecule has 0 spiro atoms. The fraction of sp³-hybridized carbons (Fsp3) is 0.500. The molecule has 1 aliphatic rings. The van der Waals surface area contributed by atoms with E-state index in [0.29, 0.717) is 38.9 Å². The lowest BCUT2D eigenvalue weighted by Gasteiger charge is -2.29. The average molecular weight is 367 g/mol. The van der Waals surface area contributed by atoms with E-state index < -0.39 is 10.0 Å². The van der Waals surface area contributed by atoms with Gasteiger partial charge in [0.05, 0.1) is 21.5 Å². The minimum absolute atomic E-state index is 0.0178. The summed E-state index contributed by atoms with van der Waals surface area (Å²) in [6.07, 6.45) is 3.10. The van der Waals surface area contributed by atoms with Crippen LogP contribution in [-0.4, -0.2) is 49.5 Å². The van der Waals surface area contributed by atoms with Crippen LogP contribution < -0.4 is 5.32 Å². The zero-order chi connectivity index (χ0) is 17.2. The highest BCUT2D eigenvalue weighted by molar-refractivity contribution is 7.88. The van der Waals surface area contributed by atoms with Gasteiger partial charge < -0.3 is 5.32 Å². The Morgan fingerprint density at radius 3 is 2.71 bits per heavy atom. The number of hydrogen-bond donors (Lipinski definition) is 1. The summed E-state index contributed by atoms with van der Waals surface area (Å²) in [6.45, 7) is 1.41. The molecule has 8 heteroatoms. The molecule has 24 heavy (non-hydrogen) atoms. The van der Waals surface area contributed by atoms with Crippen LogP contribution in [0.5, 0.6) is 0 Å². The molecule has 0 atom stereocenters. The van der Waals surface area contributed by atoms with E-state index >= 15 is 0 Å². The van der Waals surface area contributed by atoms with Crippen molar-refractivity contribution in [1.82, 2.24) is 14.6 Å². The van der Waals surface area contributed by atoms with Gasteiger partial charge in [0.25, 0.3) is 0 Å². The quantitative estimate of drug-likeness (QED) is 0.871. The summed E-state index contributed by atoms with van der Waals surface area (Å²) >= 11 is 1.65. The molecule has 0 saturated carbocycles. The van der Waals surface area contributed by atoms with Crippen molar-refractivity contribution in [1.29, 1.82) is 0 Å². The Balaban J connectivity index is 1.46. The number of thiazole rings is 1. The third kappa shape index (κ3) is 4.12. The number of hydrogen-bond acceptors (Lipinski definition) is 5. The van der Waals surface area contributed by atoms with Crippen molar-refractivity contribution in [2.75, 3.05) is 25.9 Å². The third-order valence-electron chi connectivity index (χ3n) is 4.27. The number of amides is 1. The number of carbonyl (C=O) groups is 1. The molecule has 1 aromatic heterocycles. The SMILES string of the molecule is CS(=O)(=O)N1CCC(C(=O)NCCc2nc3ccccc3s2)CC1. The first kappa shape index (κ1) is 17.3. The summed E-state index contributed by atoms with van der Waals surface area (Å²) in [6, 6.07) is 8.00. The highest BCUT2D eigenvalue weighted by atomic mass is 32.2. The van der Waals surface area contributed by atoms with Gasteiger partial charge in [0, 0.05) is 32.0 Å². The first-order valence-electron chi connectivity index (χ1n) is 8.01. The molecule has 130 valence electrons. The molecular formula is C16H21N3O3S2. The smallest absolute Gasteiger partial charge is 0.223 e. The first-order valence-corrected chi connectivity index (χ1v) is 10.7. The number of nitrogens with one attached hydrogen (secondary N) is 1. The molecule has 0 radical (unpaired) electrons. The van der Waals surface area contributed by atoms with Crippen molar-refractivity contribution in [2.45, 2.75) is 19.3 Å². The van der Waals surface area contributed by atoms with E-state index in [2.05, 4.69) is 10.3 Å². The van der Waals surface area contributed by atoms with Gasteiger partial charge >= 0.3 is 0 Å². The Labute approximate surface area is 145 Å². The van der Waals surface area contributed by atoms with Gasteiger partial charge in [0.1, 0.15) is 0 Å². The number of carbonyl (C=O) groups excluding carboxylic acids is 1. The summed E-state index contributed by atoms with van der Waals surface area (Å²) in [5.41, 5.74) is 0.997. The minimum atomic E-state index is -3.15. The Morgan fingerprint density at radius 2 is 2.04 bits per heavy atom. The Kier molecular flexibility index (Phi) is 5.17. The normalized spacial score (nSPS) is 17.2. The lowest BCUT2D eigenvalue weighted by Crippen LogP contribution is -2.42.